The Labute approximate surface area is 176 Å². The number of piperidine rings is 1. The van der Waals surface area contributed by atoms with E-state index in [1.54, 1.807) is 17.8 Å². The third kappa shape index (κ3) is 4.27. The number of nitrogens with zero attached hydrogens (tertiary/aromatic N) is 2. The molecule has 5 nitrogen and oxygen atoms in total. The molecule has 4 rings (SSSR count). The average Bonchev–Trinajstić information content (AvgIpc) is 3.16. The zero-order valence-electron chi connectivity index (χ0n) is 16.1. The molecule has 0 aliphatic carbocycles. The van der Waals surface area contributed by atoms with E-state index in [0.717, 1.165) is 11.3 Å². The predicted molar refractivity (Wildman–Crippen MR) is 118 cm³/mol. The van der Waals surface area contributed by atoms with Crippen LogP contribution in [0, 0.1) is 0 Å². The Bertz CT molecular complexity index is 983. The minimum atomic E-state index is -3.48. The Morgan fingerprint density at radius 2 is 1.55 bits per heavy atom. The standard InChI is InChI=1S/C22H24N2O3S2/c25-21(20-9-5-2-6-10-20)24-16-17-28-22(24)12-14-23(15-13-22)29(26,27)18-11-19-7-3-1-4-8-19/h1-11,18H,12-17H2. The molecule has 0 bridgehead atoms. The Balaban J connectivity index is 1.45. The number of thioether (sulfide) groups is 1. The SMILES string of the molecule is O=C(c1ccccc1)N1CCSC12CCN(S(=O)(=O)C=Cc1ccccc1)CC2. The van der Waals surface area contributed by atoms with E-state index in [9.17, 15) is 13.2 Å². The largest absolute Gasteiger partial charge is 0.323 e. The molecule has 0 aromatic heterocycles. The molecule has 0 radical (unpaired) electrons. The predicted octanol–water partition coefficient (Wildman–Crippen LogP) is 3.67. The molecule has 2 fully saturated rings. The lowest BCUT2D eigenvalue weighted by Crippen LogP contribution is -2.53. The highest BCUT2D eigenvalue weighted by molar-refractivity contribution is 8.00. The lowest BCUT2D eigenvalue weighted by atomic mass is 10.0. The van der Waals surface area contributed by atoms with Crippen molar-refractivity contribution in [1.29, 1.82) is 0 Å². The fourth-order valence-corrected chi connectivity index (χ4v) is 6.60. The summed E-state index contributed by atoms with van der Waals surface area (Å²) < 4.78 is 27.0. The molecule has 0 atom stereocenters. The number of sulfonamides is 1. The average molecular weight is 429 g/mol. The van der Waals surface area contributed by atoms with Gasteiger partial charge < -0.3 is 4.90 Å². The normalized spacial score (nSPS) is 19.8. The second-order valence-electron chi connectivity index (χ2n) is 7.27. The van der Waals surface area contributed by atoms with E-state index in [1.165, 1.54) is 9.71 Å². The first-order valence-corrected chi connectivity index (χ1v) is 12.2. The molecule has 7 heteroatoms. The van der Waals surface area contributed by atoms with Gasteiger partial charge in [0, 0.05) is 36.4 Å². The van der Waals surface area contributed by atoms with Crippen molar-refractivity contribution in [2.24, 2.45) is 0 Å². The molecule has 2 aromatic carbocycles. The summed E-state index contributed by atoms with van der Waals surface area (Å²) in [6, 6.07) is 18.7. The number of carbonyl (C=O) groups excluding carboxylic acids is 1. The Kier molecular flexibility index (Phi) is 5.81. The third-order valence-corrected chi connectivity index (χ3v) is 8.66. The molecule has 1 amide bonds. The summed E-state index contributed by atoms with van der Waals surface area (Å²) in [6.45, 7) is 1.55. The van der Waals surface area contributed by atoms with Gasteiger partial charge in [-0.15, -0.1) is 11.8 Å². The van der Waals surface area contributed by atoms with Crippen LogP contribution in [0.25, 0.3) is 6.08 Å². The van der Waals surface area contributed by atoms with Crippen molar-refractivity contribution in [3.05, 3.63) is 77.2 Å². The second kappa shape index (κ2) is 8.34. The summed E-state index contributed by atoms with van der Waals surface area (Å²) in [6.07, 6.45) is 2.93. The van der Waals surface area contributed by atoms with E-state index in [4.69, 9.17) is 0 Å². The minimum absolute atomic E-state index is 0.0379. The van der Waals surface area contributed by atoms with Gasteiger partial charge in [0.15, 0.2) is 0 Å². The van der Waals surface area contributed by atoms with Gasteiger partial charge in [-0.2, -0.15) is 4.31 Å². The molecule has 152 valence electrons. The van der Waals surface area contributed by atoms with Crippen LogP contribution >= 0.6 is 11.8 Å². The van der Waals surface area contributed by atoms with E-state index >= 15 is 0 Å². The number of amides is 1. The van der Waals surface area contributed by atoms with Gasteiger partial charge in [0.25, 0.3) is 5.91 Å². The number of carbonyl (C=O) groups is 1. The van der Waals surface area contributed by atoms with Gasteiger partial charge in [-0.05, 0) is 36.6 Å². The van der Waals surface area contributed by atoms with E-state index in [0.29, 0.717) is 38.0 Å². The second-order valence-corrected chi connectivity index (χ2v) is 10.6. The van der Waals surface area contributed by atoms with Crippen LogP contribution in [0.2, 0.25) is 0 Å². The van der Waals surface area contributed by atoms with Crippen molar-refractivity contribution in [3.8, 4) is 0 Å². The zero-order valence-corrected chi connectivity index (χ0v) is 17.7. The number of hydrogen-bond acceptors (Lipinski definition) is 4. The van der Waals surface area contributed by atoms with Crippen molar-refractivity contribution < 1.29 is 13.2 Å². The zero-order chi connectivity index (χ0) is 20.3. The summed E-state index contributed by atoms with van der Waals surface area (Å²) >= 11 is 1.79. The summed E-state index contributed by atoms with van der Waals surface area (Å²) in [7, 11) is -3.48. The number of benzene rings is 2. The van der Waals surface area contributed by atoms with Gasteiger partial charge in [0.1, 0.15) is 0 Å². The molecular formula is C22H24N2O3S2. The van der Waals surface area contributed by atoms with Crippen LogP contribution in [-0.4, -0.2) is 53.8 Å². The summed E-state index contributed by atoms with van der Waals surface area (Å²) in [5, 5.41) is 1.29. The van der Waals surface area contributed by atoms with Gasteiger partial charge in [0.05, 0.1) is 4.87 Å². The Morgan fingerprint density at radius 1 is 0.931 bits per heavy atom. The summed E-state index contributed by atoms with van der Waals surface area (Å²) in [5.74, 6) is 0.926. The maximum absolute atomic E-state index is 13.0. The molecule has 29 heavy (non-hydrogen) atoms. The Morgan fingerprint density at radius 3 is 2.21 bits per heavy atom. The molecule has 2 aliphatic rings. The summed E-state index contributed by atoms with van der Waals surface area (Å²) in [5.41, 5.74) is 1.55. The lowest BCUT2D eigenvalue weighted by molar-refractivity contribution is 0.0606. The topological polar surface area (TPSA) is 57.7 Å². The molecule has 0 N–H and O–H groups in total. The highest BCUT2D eigenvalue weighted by Crippen LogP contribution is 2.45. The van der Waals surface area contributed by atoms with Crippen LogP contribution in [0.4, 0.5) is 0 Å². The van der Waals surface area contributed by atoms with E-state index in [2.05, 4.69) is 0 Å². The third-order valence-electron chi connectivity index (χ3n) is 5.54. The first-order valence-electron chi connectivity index (χ1n) is 9.74. The van der Waals surface area contributed by atoms with E-state index in [1.807, 2.05) is 65.6 Å². The first kappa shape index (κ1) is 20.2. The van der Waals surface area contributed by atoms with Crippen molar-refractivity contribution >= 4 is 33.8 Å². The Hall–Kier alpha value is -2.09. The maximum Gasteiger partial charge on any atom is 0.254 e. The van der Waals surface area contributed by atoms with Gasteiger partial charge in [-0.25, -0.2) is 8.42 Å². The van der Waals surface area contributed by atoms with Gasteiger partial charge in [-0.3, -0.25) is 4.79 Å². The van der Waals surface area contributed by atoms with Crippen LogP contribution in [0.1, 0.15) is 28.8 Å². The van der Waals surface area contributed by atoms with Crippen molar-refractivity contribution in [2.45, 2.75) is 17.7 Å². The van der Waals surface area contributed by atoms with Crippen molar-refractivity contribution in [2.75, 3.05) is 25.4 Å². The van der Waals surface area contributed by atoms with Crippen LogP contribution in [0.5, 0.6) is 0 Å². The quantitative estimate of drug-likeness (QED) is 0.746. The maximum atomic E-state index is 13.0. The van der Waals surface area contributed by atoms with Crippen LogP contribution < -0.4 is 0 Å². The number of hydrogen-bond donors (Lipinski definition) is 0. The molecule has 0 unspecified atom stereocenters. The van der Waals surface area contributed by atoms with E-state index in [-0.39, 0.29) is 10.8 Å². The lowest BCUT2D eigenvalue weighted by Gasteiger charge is -2.43. The van der Waals surface area contributed by atoms with Crippen LogP contribution in [-0.2, 0) is 10.0 Å². The first-order chi connectivity index (χ1) is 14.0. The molecule has 2 saturated heterocycles. The van der Waals surface area contributed by atoms with Crippen LogP contribution in [0.15, 0.2) is 66.1 Å². The summed E-state index contributed by atoms with van der Waals surface area (Å²) in [4.78, 5) is 14.7. The van der Waals surface area contributed by atoms with Gasteiger partial charge in [0.2, 0.25) is 10.0 Å². The molecule has 2 aromatic rings. The highest BCUT2D eigenvalue weighted by Gasteiger charge is 2.47. The number of rotatable bonds is 4. The minimum Gasteiger partial charge on any atom is -0.323 e. The monoisotopic (exact) mass is 428 g/mol. The molecule has 2 aliphatic heterocycles. The fraction of sp³-hybridized carbons (Fsp3) is 0.318. The van der Waals surface area contributed by atoms with E-state index < -0.39 is 10.0 Å². The van der Waals surface area contributed by atoms with Gasteiger partial charge >= 0.3 is 0 Å². The molecule has 1 spiro atoms. The molecule has 2 heterocycles. The molecular weight excluding hydrogens is 404 g/mol. The van der Waals surface area contributed by atoms with Gasteiger partial charge in [-0.1, -0.05) is 48.5 Å². The molecule has 0 saturated carbocycles. The highest BCUT2D eigenvalue weighted by atomic mass is 32.2. The van der Waals surface area contributed by atoms with Crippen LogP contribution in [0.3, 0.4) is 0 Å². The van der Waals surface area contributed by atoms with Crippen molar-refractivity contribution in [3.63, 3.8) is 0 Å². The fourth-order valence-electron chi connectivity index (χ4n) is 3.95. The smallest absolute Gasteiger partial charge is 0.254 e. The van der Waals surface area contributed by atoms with Crippen molar-refractivity contribution in [1.82, 2.24) is 9.21 Å².